The van der Waals surface area contributed by atoms with E-state index in [-0.39, 0.29) is 6.09 Å². The molecule has 0 aromatic heterocycles. The zero-order valence-electron chi connectivity index (χ0n) is 16.0. The Labute approximate surface area is 150 Å². The summed E-state index contributed by atoms with van der Waals surface area (Å²) in [5, 5.41) is 12.7. The third kappa shape index (κ3) is 5.21. The van der Waals surface area contributed by atoms with Crippen LogP contribution in [0.2, 0.25) is 0 Å². The average Bonchev–Trinajstić information content (AvgIpc) is 2.54. The van der Waals surface area contributed by atoms with Crippen LogP contribution in [0.15, 0.2) is 11.1 Å². The minimum atomic E-state index is -0.786. The van der Waals surface area contributed by atoms with Gasteiger partial charge in [0.25, 0.3) is 0 Å². The number of carboxylic acids is 1. The third-order valence-electron chi connectivity index (χ3n) is 5.65. The van der Waals surface area contributed by atoms with Crippen molar-refractivity contribution in [2.24, 2.45) is 5.41 Å². The number of hydrogen-bond acceptors (Lipinski definition) is 4. The van der Waals surface area contributed by atoms with Gasteiger partial charge < -0.3 is 20.1 Å². The molecule has 0 aromatic carbocycles. The molecule has 1 amide bonds. The number of piperidine rings is 1. The maximum Gasteiger partial charge on any atom is 0.410 e. The molecule has 1 fully saturated rings. The molecule has 2 rings (SSSR count). The summed E-state index contributed by atoms with van der Waals surface area (Å²) in [6, 6.07) is 0. The lowest BCUT2D eigenvalue weighted by Crippen LogP contribution is -2.47. The molecule has 0 spiro atoms. The van der Waals surface area contributed by atoms with E-state index >= 15 is 0 Å². The second kappa shape index (κ2) is 7.77. The first-order chi connectivity index (χ1) is 11.6. The number of aliphatic carboxylic acids is 1. The first kappa shape index (κ1) is 19.8. The van der Waals surface area contributed by atoms with Crippen LogP contribution in [0.5, 0.6) is 0 Å². The summed E-state index contributed by atoms with van der Waals surface area (Å²) >= 11 is 0. The number of carbonyl (C=O) groups excluding carboxylic acids is 1. The molecule has 2 heterocycles. The lowest BCUT2D eigenvalue weighted by atomic mass is 9.81. The Bertz CT molecular complexity index is 546. The molecule has 0 bridgehead atoms. The van der Waals surface area contributed by atoms with Gasteiger partial charge >= 0.3 is 12.1 Å². The Hall–Kier alpha value is -1.56. The third-order valence-corrected chi connectivity index (χ3v) is 5.65. The molecule has 2 N–H and O–H groups in total. The molecule has 6 heteroatoms. The number of nitrogens with one attached hydrogen (secondary N) is 1. The fourth-order valence-corrected chi connectivity index (χ4v) is 3.35. The summed E-state index contributed by atoms with van der Waals surface area (Å²) in [5.41, 5.74) is 1.61. The summed E-state index contributed by atoms with van der Waals surface area (Å²) in [7, 11) is 0. The normalized spacial score (nSPS) is 21.2. The summed E-state index contributed by atoms with van der Waals surface area (Å²) in [6.45, 7) is 10.7. The molecule has 2 aliphatic rings. The summed E-state index contributed by atoms with van der Waals surface area (Å²) in [6.07, 6.45) is 3.41. The van der Waals surface area contributed by atoms with E-state index in [2.05, 4.69) is 12.2 Å². The van der Waals surface area contributed by atoms with E-state index in [1.807, 2.05) is 13.8 Å². The second-order valence-corrected chi connectivity index (χ2v) is 8.29. The first-order valence-electron chi connectivity index (χ1n) is 9.22. The van der Waals surface area contributed by atoms with E-state index in [9.17, 15) is 14.7 Å². The van der Waals surface area contributed by atoms with Crippen molar-refractivity contribution in [3.63, 3.8) is 0 Å². The molecule has 0 aromatic rings. The fourth-order valence-electron chi connectivity index (χ4n) is 3.35. The molecule has 2 aliphatic heterocycles. The summed E-state index contributed by atoms with van der Waals surface area (Å²) in [5.74, 6) is -0.786. The number of carboxylic acid groups (broad SMARTS) is 1. The van der Waals surface area contributed by atoms with Crippen LogP contribution in [0, 0.1) is 5.41 Å². The van der Waals surface area contributed by atoms with Crippen molar-refractivity contribution < 1.29 is 19.4 Å². The zero-order chi connectivity index (χ0) is 18.7. The molecule has 0 radical (unpaired) electrons. The first-order valence-corrected chi connectivity index (χ1v) is 9.22. The van der Waals surface area contributed by atoms with Crippen LogP contribution in [0.4, 0.5) is 4.79 Å². The molecule has 0 saturated carbocycles. The maximum absolute atomic E-state index is 12.4. The van der Waals surface area contributed by atoms with Crippen molar-refractivity contribution in [1.29, 1.82) is 0 Å². The number of ether oxygens (including phenoxy) is 1. The van der Waals surface area contributed by atoms with Crippen LogP contribution in [0.3, 0.4) is 0 Å². The van der Waals surface area contributed by atoms with E-state index in [0.29, 0.717) is 25.9 Å². The smallest absolute Gasteiger partial charge is 0.410 e. The highest BCUT2D eigenvalue weighted by Gasteiger charge is 2.39. The van der Waals surface area contributed by atoms with E-state index in [0.717, 1.165) is 32.4 Å². The zero-order valence-corrected chi connectivity index (χ0v) is 16.0. The van der Waals surface area contributed by atoms with Gasteiger partial charge in [-0.2, -0.15) is 0 Å². The number of hydrogen-bond donors (Lipinski definition) is 2. The minimum Gasteiger partial charge on any atom is -0.481 e. The molecule has 0 atom stereocenters. The van der Waals surface area contributed by atoms with Crippen molar-refractivity contribution in [1.82, 2.24) is 10.2 Å². The van der Waals surface area contributed by atoms with E-state index in [1.54, 1.807) is 11.8 Å². The quantitative estimate of drug-likeness (QED) is 0.743. The number of amides is 1. The number of nitrogens with zero attached hydrogens (tertiary/aromatic N) is 1. The molecule has 0 aliphatic carbocycles. The van der Waals surface area contributed by atoms with Crippen LogP contribution in [-0.4, -0.2) is 53.8 Å². The SMILES string of the molecule is CC1=C(CCC(C)(C)OC(=O)N2CCC(C)(C(=O)O)CC2)CNCC1. The summed E-state index contributed by atoms with van der Waals surface area (Å²) < 4.78 is 5.73. The second-order valence-electron chi connectivity index (χ2n) is 8.29. The average molecular weight is 352 g/mol. The van der Waals surface area contributed by atoms with Gasteiger partial charge in [0.2, 0.25) is 0 Å². The maximum atomic E-state index is 12.4. The van der Waals surface area contributed by atoms with Gasteiger partial charge in [-0.3, -0.25) is 4.79 Å². The van der Waals surface area contributed by atoms with Crippen LogP contribution >= 0.6 is 0 Å². The molecular formula is C19H32N2O4. The predicted octanol–water partition coefficient (Wildman–Crippen LogP) is 3.18. The van der Waals surface area contributed by atoms with Gasteiger partial charge in [-0.1, -0.05) is 11.1 Å². The monoisotopic (exact) mass is 352 g/mol. The fraction of sp³-hybridized carbons (Fsp3) is 0.789. The Balaban J connectivity index is 1.84. The van der Waals surface area contributed by atoms with Crippen molar-refractivity contribution in [2.75, 3.05) is 26.2 Å². The van der Waals surface area contributed by atoms with Crippen LogP contribution in [-0.2, 0) is 9.53 Å². The van der Waals surface area contributed by atoms with Gasteiger partial charge in [-0.05, 0) is 66.3 Å². The van der Waals surface area contributed by atoms with Crippen LogP contribution in [0.25, 0.3) is 0 Å². The van der Waals surface area contributed by atoms with Gasteiger partial charge in [0.1, 0.15) is 5.60 Å². The number of rotatable bonds is 5. The molecule has 1 saturated heterocycles. The molecule has 6 nitrogen and oxygen atoms in total. The highest BCUT2D eigenvalue weighted by atomic mass is 16.6. The van der Waals surface area contributed by atoms with Crippen molar-refractivity contribution in [3.05, 3.63) is 11.1 Å². The van der Waals surface area contributed by atoms with Gasteiger partial charge in [0.05, 0.1) is 5.41 Å². The van der Waals surface area contributed by atoms with Crippen molar-refractivity contribution in [2.45, 2.75) is 65.4 Å². The standard InChI is InChI=1S/C19H32N2O4/c1-14-6-10-20-13-15(14)5-7-18(2,3)25-17(24)21-11-8-19(4,9-12-21)16(22)23/h20H,5-13H2,1-4H3,(H,22,23). The largest absolute Gasteiger partial charge is 0.481 e. The Morgan fingerprint density at radius 2 is 1.96 bits per heavy atom. The van der Waals surface area contributed by atoms with Gasteiger partial charge in [-0.25, -0.2) is 4.79 Å². The van der Waals surface area contributed by atoms with Crippen molar-refractivity contribution >= 4 is 12.1 Å². The molecule has 142 valence electrons. The highest BCUT2D eigenvalue weighted by molar-refractivity contribution is 5.75. The van der Waals surface area contributed by atoms with Crippen LogP contribution < -0.4 is 5.32 Å². The summed E-state index contributed by atoms with van der Waals surface area (Å²) in [4.78, 5) is 25.4. The van der Waals surface area contributed by atoms with E-state index < -0.39 is 17.0 Å². The molecule has 25 heavy (non-hydrogen) atoms. The van der Waals surface area contributed by atoms with Crippen molar-refractivity contribution in [3.8, 4) is 0 Å². The van der Waals surface area contributed by atoms with Gasteiger partial charge in [-0.15, -0.1) is 0 Å². The van der Waals surface area contributed by atoms with Crippen LogP contribution in [0.1, 0.15) is 59.8 Å². The predicted molar refractivity (Wildman–Crippen MR) is 96.5 cm³/mol. The minimum absolute atomic E-state index is 0.329. The molecular weight excluding hydrogens is 320 g/mol. The number of likely N-dealkylation sites (tertiary alicyclic amines) is 1. The van der Waals surface area contributed by atoms with Gasteiger partial charge in [0.15, 0.2) is 0 Å². The van der Waals surface area contributed by atoms with E-state index in [1.165, 1.54) is 11.1 Å². The molecule has 0 unspecified atom stereocenters. The topological polar surface area (TPSA) is 78.9 Å². The lowest BCUT2D eigenvalue weighted by molar-refractivity contribution is -0.150. The number of carbonyl (C=O) groups is 2. The highest BCUT2D eigenvalue weighted by Crippen LogP contribution is 2.32. The lowest BCUT2D eigenvalue weighted by Gasteiger charge is -2.37. The van der Waals surface area contributed by atoms with E-state index in [4.69, 9.17) is 4.74 Å². The Morgan fingerprint density at radius 3 is 2.52 bits per heavy atom. The Kier molecular flexibility index (Phi) is 6.14. The Morgan fingerprint density at radius 1 is 1.32 bits per heavy atom. The van der Waals surface area contributed by atoms with Gasteiger partial charge in [0, 0.05) is 19.6 Å².